The topological polar surface area (TPSA) is 55.1 Å². The summed E-state index contributed by atoms with van der Waals surface area (Å²) in [6.07, 6.45) is 1.25. The van der Waals surface area contributed by atoms with E-state index in [1.54, 1.807) is 36.4 Å². The number of benzene rings is 3. The molecule has 0 aliphatic rings. The van der Waals surface area contributed by atoms with Crippen molar-refractivity contribution in [3.8, 4) is 11.5 Å². The van der Waals surface area contributed by atoms with Crippen LogP contribution in [0.25, 0.3) is 22.6 Å². The lowest BCUT2D eigenvalue weighted by atomic mass is 10.1. The van der Waals surface area contributed by atoms with Gasteiger partial charge in [0.05, 0.1) is 10.6 Å². The van der Waals surface area contributed by atoms with Gasteiger partial charge in [0.1, 0.15) is 5.52 Å². The SMILES string of the molecule is CCC.Cc1c(NC(=O)c2ccc(Br)cc2Cl)cccc1-c1nc2cc(Cl)ccc2o1. The van der Waals surface area contributed by atoms with Gasteiger partial charge in [-0.05, 0) is 61.0 Å². The number of nitrogens with zero attached hydrogens (tertiary/aromatic N) is 1. The highest BCUT2D eigenvalue weighted by Gasteiger charge is 2.16. The molecule has 0 atom stereocenters. The molecular formula is C24H21BrCl2N2O2. The minimum atomic E-state index is -0.290. The Bertz CT molecular complexity index is 1240. The molecule has 0 saturated carbocycles. The number of hydrogen-bond acceptors (Lipinski definition) is 3. The molecule has 1 amide bonds. The van der Waals surface area contributed by atoms with Crippen molar-refractivity contribution in [1.82, 2.24) is 4.98 Å². The molecule has 0 bridgehead atoms. The molecule has 1 heterocycles. The fourth-order valence-electron chi connectivity index (χ4n) is 2.88. The van der Waals surface area contributed by atoms with Crippen LogP contribution in [0.4, 0.5) is 5.69 Å². The lowest BCUT2D eigenvalue weighted by molar-refractivity contribution is 0.102. The van der Waals surface area contributed by atoms with E-state index >= 15 is 0 Å². The van der Waals surface area contributed by atoms with E-state index < -0.39 is 0 Å². The highest BCUT2D eigenvalue weighted by Crippen LogP contribution is 2.32. The second-order valence-corrected chi connectivity index (χ2v) is 8.65. The van der Waals surface area contributed by atoms with Gasteiger partial charge in [0.15, 0.2) is 5.58 Å². The van der Waals surface area contributed by atoms with Gasteiger partial charge in [-0.1, -0.05) is 65.5 Å². The smallest absolute Gasteiger partial charge is 0.257 e. The number of fused-ring (bicyclic) bond motifs is 1. The number of anilines is 1. The van der Waals surface area contributed by atoms with Gasteiger partial charge in [-0.3, -0.25) is 4.79 Å². The van der Waals surface area contributed by atoms with Crippen molar-refractivity contribution in [1.29, 1.82) is 0 Å². The van der Waals surface area contributed by atoms with Gasteiger partial charge in [0.2, 0.25) is 5.89 Å². The number of carbonyl (C=O) groups is 1. The van der Waals surface area contributed by atoms with Gasteiger partial charge in [-0.2, -0.15) is 0 Å². The van der Waals surface area contributed by atoms with Crippen LogP contribution >= 0.6 is 39.1 Å². The second-order valence-electron chi connectivity index (χ2n) is 6.89. The molecule has 0 spiro atoms. The van der Waals surface area contributed by atoms with Crippen LogP contribution in [0.2, 0.25) is 10.0 Å². The summed E-state index contributed by atoms with van der Waals surface area (Å²) in [7, 11) is 0. The summed E-state index contributed by atoms with van der Waals surface area (Å²) in [4.78, 5) is 17.2. The molecule has 4 aromatic rings. The Hall–Kier alpha value is -2.34. The van der Waals surface area contributed by atoms with E-state index in [9.17, 15) is 4.79 Å². The molecule has 0 unspecified atom stereocenters. The van der Waals surface area contributed by atoms with Crippen molar-refractivity contribution in [3.05, 3.63) is 80.2 Å². The first-order valence-corrected chi connectivity index (χ1v) is 11.3. The number of carbonyl (C=O) groups excluding carboxylic acids is 1. The van der Waals surface area contributed by atoms with Gasteiger partial charge in [0.25, 0.3) is 5.91 Å². The monoisotopic (exact) mass is 518 g/mol. The van der Waals surface area contributed by atoms with Gasteiger partial charge < -0.3 is 9.73 Å². The van der Waals surface area contributed by atoms with Gasteiger partial charge in [-0.25, -0.2) is 4.98 Å². The third kappa shape index (κ3) is 5.48. The van der Waals surface area contributed by atoms with Crippen LogP contribution in [0.15, 0.2) is 63.5 Å². The molecular weight excluding hydrogens is 499 g/mol. The lowest BCUT2D eigenvalue weighted by Crippen LogP contribution is -2.13. The molecule has 0 saturated heterocycles. The quantitative estimate of drug-likeness (QED) is 0.295. The van der Waals surface area contributed by atoms with Crippen molar-refractivity contribution < 1.29 is 9.21 Å². The minimum absolute atomic E-state index is 0.290. The third-order valence-corrected chi connectivity index (χ3v) is 5.38. The highest BCUT2D eigenvalue weighted by molar-refractivity contribution is 9.10. The molecule has 0 aliphatic carbocycles. The van der Waals surface area contributed by atoms with Crippen LogP contribution in [0.3, 0.4) is 0 Å². The fraction of sp³-hybridized carbons (Fsp3) is 0.167. The first-order valence-electron chi connectivity index (χ1n) is 9.76. The maximum Gasteiger partial charge on any atom is 0.257 e. The Morgan fingerprint density at radius 2 is 1.84 bits per heavy atom. The summed E-state index contributed by atoms with van der Waals surface area (Å²) in [5, 5.41) is 3.88. The first kappa shape index (κ1) is 23.3. The number of halogens is 3. The van der Waals surface area contributed by atoms with Gasteiger partial charge in [-0.15, -0.1) is 0 Å². The van der Waals surface area contributed by atoms with Crippen LogP contribution in [0, 0.1) is 6.92 Å². The van der Waals surface area contributed by atoms with Crippen molar-refractivity contribution in [2.24, 2.45) is 0 Å². The summed E-state index contributed by atoms with van der Waals surface area (Å²) < 4.78 is 6.67. The van der Waals surface area contributed by atoms with Crippen LogP contribution in [0.5, 0.6) is 0 Å². The van der Waals surface area contributed by atoms with E-state index in [0.29, 0.717) is 38.3 Å². The van der Waals surface area contributed by atoms with Crippen LogP contribution in [0.1, 0.15) is 36.2 Å². The van der Waals surface area contributed by atoms with Crippen molar-refractivity contribution in [2.45, 2.75) is 27.2 Å². The van der Waals surface area contributed by atoms with Crippen molar-refractivity contribution >= 4 is 61.8 Å². The predicted octanol–water partition coefficient (Wildman–Crippen LogP) is 8.54. The molecule has 1 aromatic heterocycles. The lowest BCUT2D eigenvalue weighted by Gasteiger charge is -2.11. The second kappa shape index (κ2) is 10.3. The standard InChI is InChI=1S/C21H13BrCl2N2O2.C3H8/c1-11-14(21-26-18-10-13(23)6-8-19(18)28-21)3-2-4-17(11)25-20(27)15-7-5-12(22)9-16(15)24;1-3-2/h2-10H,1H3,(H,25,27);3H2,1-2H3. The molecule has 31 heavy (non-hydrogen) atoms. The largest absolute Gasteiger partial charge is 0.436 e. The number of hydrogen-bond donors (Lipinski definition) is 1. The first-order chi connectivity index (χ1) is 14.8. The maximum atomic E-state index is 12.7. The minimum Gasteiger partial charge on any atom is -0.436 e. The van der Waals surface area contributed by atoms with Gasteiger partial charge >= 0.3 is 0 Å². The van der Waals surface area contributed by atoms with E-state index in [2.05, 4.69) is 40.1 Å². The molecule has 160 valence electrons. The Morgan fingerprint density at radius 1 is 1.10 bits per heavy atom. The van der Waals surface area contributed by atoms with Crippen molar-refractivity contribution in [3.63, 3.8) is 0 Å². The zero-order valence-electron chi connectivity index (χ0n) is 17.3. The van der Waals surface area contributed by atoms with E-state index in [0.717, 1.165) is 15.6 Å². The van der Waals surface area contributed by atoms with Crippen LogP contribution in [-0.2, 0) is 0 Å². The van der Waals surface area contributed by atoms with E-state index in [1.165, 1.54) is 6.42 Å². The zero-order valence-corrected chi connectivity index (χ0v) is 20.4. The molecule has 0 radical (unpaired) electrons. The van der Waals surface area contributed by atoms with Crippen molar-refractivity contribution in [2.75, 3.05) is 5.32 Å². The average Bonchev–Trinajstić information content (AvgIpc) is 3.13. The average molecular weight is 520 g/mol. The molecule has 0 fully saturated rings. The Morgan fingerprint density at radius 3 is 2.55 bits per heavy atom. The number of nitrogens with one attached hydrogen (secondary N) is 1. The molecule has 7 heteroatoms. The van der Waals surface area contributed by atoms with E-state index in [1.807, 2.05) is 25.1 Å². The number of aromatic nitrogens is 1. The summed E-state index contributed by atoms with van der Waals surface area (Å²) in [5.74, 6) is 0.176. The number of oxazole rings is 1. The maximum absolute atomic E-state index is 12.7. The normalized spacial score (nSPS) is 10.5. The summed E-state index contributed by atoms with van der Waals surface area (Å²) >= 11 is 15.6. The zero-order chi connectivity index (χ0) is 22.5. The van der Waals surface area contributed by atoms with Gasteiger partial charge in [0, 0.05) is 20.7 Å². The fourth-order valence-corrected chi connectivity index (χ4v) is 3.81. The Kier molecular flexibility index (Phi) is 7.76. The summed E-state index contributed by atoms with van der Waals surface area (Å²) in [6, 6.07) is 16.0. The van der Waals surface area contributed by atoms with E-state index in [4.69, 9.17) is 27.6 Å². The highest BCUT2D eigenvalue weighted by atomic mass is 79.9. The Labute approximate surface area is 199 Å². The Balaban J connectivity index is 0.000000858. The summed E-state index contributed by atoms with van der Waals surface area (Å²) in [6.45, 7) is 6.15. The summed E-state index contributed by atoms with van der Waals surface area (Å²) in [5.41, 5.74) is 3.99. The van der Waals surface area contributed by atoms with Crippen LogP contribution in [-0.4, -0.2) is 10.9 Å². The number of rotatable bonds is 3. The molecule has 1 N–H and O–H groups in total. The van der Waals surface area contributed by atoms with Crippen LogP contribution < -0.4 is 5.32 Å². The van der Waals surface area contributed by atoms with E-state index in [-0.39, 0.29) is 5.91 Å². The number of amides is 1. The molecule has 4 rings (SSSR count). The third-order valence-electron chi connectivity index (χ3n) is 4.34. The molecule has 3 aromatic carbocycles. The predicted molar refractivity (Wildman–Crippen MR) is 132 cm³/mol. The molecule has 0 aliphatic heterocycles. The molecule has 4 nitrogen and oxygen atoms in total.